The number of aryl methyl sites for hydroxylation is 2. The highest BCUT2D eigenvalue weighted by Crippen LogP contribution is 2.45. The van der Waals surface area contributed by atoms with E-state index in [0.29, 0.717) is 5.76 Å². The van der Waals surface area contributed by atoms with Gasteiger partial charge in [-0.05, 0) is 117 Å². The molecule has 0 heterocycles. The first-order chi connectivity index (χ1) is 23.5. The summed E-state index contributed by atoms with van der Waals surface area (Å²) in [5.74, 6) is 1.42. The molecule has 0 aliphatic carbocycles. The van der Waals surface area contributed by atoms with Crippen molar-refractivity contribution in [3.05, 3.63) is 193 Å². The average Bonchev–Trinajstić information content (AvgIpc) is 3.12. The van der Waals surface area contributed by atoms with E-state index in [2.05, 4.69) is 154 Å². The molecule has 0 atom stereocenters. The third-order valence-electron chi connectivity index (χ3n) is 9.05. The Balaban J connectivity index is 1.34. The van der Waals surface area contributed by atoms with E-state index >= 15 is 0 Å². The molecule has 1 nitrogen and oxygen atoms in total. The number of para-hydroxylation sites is 1. The van der Waals surface area contributed by atoms with Gasteiger partial charge in [-0.3, -0.25) is 0 Å². The van der Waals surface area contributed by atoms with Crippen LogP contribution in [0.3, 0.4) is 0 Å². The Kier molecular flexibility index (Phi) is 8.60. The highest BCUT2D eigenvalue weighted by Gasteiger charge is 2.17. The van der Waals surface area contributed by atoms with Crippen molar-refractivity contribution in [2.75, 3.05) is 0 Å². The summed E-state index contributed by atoms with van der Waals surface area (Å²) in [5.41, 5.74) is 11.9. The van der Waals surface area contributed by atoms with Crippen LogP contribution in [0.2, 0.25) is 0 Å². The van der Waals surface area contributed by atoms with Crippen molar-refractivity contribution < 1.29 is 4.74 Å². The lowest BCUT2D eigenvalue weighted by Crippen LogP contribution is -1.93. The van der Waals surface area contributed by atoms with Gasteiger partial charge in [0.25, 0.3) is 0 Å². The first kappa shape index (κ1) is 30.7. The third-order valence-corrected chi connectivity index (χ3v) is 9.05. The molecule has 232 valence electrons. The molecule has 0 saturated carbocycles. The zero-order valence-electron chi connectivity index (χ0n) is 27.7. The Bertz CT molecular complexity index is 2340. The van der Waals surface area contributed by atoms with Gasteiger partial charge in [0.05, 0.1) is 0 Å². The summed E-state index contributed by atoms with van der Waals surface area (Å²) in [7, 11) is 0. The van der Waals surface area contributed by atoms with E-state index in [9.17, 15) is 0 Å². The van der Waals surface area contributed by atoms with Gasteiger partial charge < -0.3 is 4.74 Å². The van der Waals surface area contributed by atoms with Gasteiger partial charge in [-0.2, -0.15) is 0 Å². The number of rotatable bonds is 8. The molecule has 48 heavy (non-hydrogen) atoms. The fourth-order valence-corrected chi connectivity index (χ4v) is 6.57. The Morgan fingerprint density at radius 1 is 0.521 bits per heavy atom. The Morgan fingerprint density at radius 2 is 1.10 bits per heavy atom. The Labute approximate surface area is 283 Å². The number of hydrogen-bond acceptors (Lipinski definition) is 1. The fraction of sp³-hybridized carbons (Fsp3) is 0.0638. The maximum Gasteiger partial charge on any atom is 0.130 e. The van der Waals surface area contributed by atoms with Crippen molar-refractivity contribution in [2.45, 2.75) is 20.8 Å². The maximum atomic E-state index is 6.03. The molecule has 0 N–H and O–H groups in total. The van der Waals surface area contributed by atoms with Crippen LogP contribution in [0.5, 0.6) is 5.75 Å². The second-order valence-electron chi connectivity index (χ2n) is 12.3. The summed E-state index contributed by atoms with van der Waals surface area (Å²) in [5, 5.41) is 5.02. The van der Waals surface area contributed by atoms with Crippen molar-refractivity contribution in [3.63, 3.8) is 0 Å². The maximum absolute atomic E-state index is 6.03. The molecule has 1 heteroatoms. The number of ether oxygens (including phenoxy) is 1. The summed E-state index contributed by atoms with van der Waals surface area (Å²) in [4.78, 5) is 0. The minimum absolute atomic E-state index is 0.597. The van der Waals surface area contributed by atoms with Gasteiger partial charge in [0.15, 0.2) is 0 Å². The van der Waals surface area contributed by atoms with E-state index in [1.54, 1.807) is 0 Å². The van der Waals surface area contributed by atoms with Crippen LogP contribution in [0, 0.1) is 13.8 Å². The quantitative estimate of drug-likeness (QED) is 0.0935. The molecule has 0 aromatic heterocycles. The topological polar surface area (TPSA) is 9.23 Å². The second-order valence-corrected chi connectivity index (χ2v) is 12.3. The number of allylic oxidation sites excluding steroid dienone is 4. The molecule has 0 aliphatic rings. The zero-order chi connectivity index (χ0) is 33.0. The molecule has 0 amide bonds. The molecule has 7 aromatic rings. The van der Waals surface area contributed by atoms with Crippen LogP contribution in [0.25, 0.3) is 60.5 Å². The summed E-state index contributed by atoms with van der Waals surface area (Å²) in [6.07, 6.45) is 6.15. The van der Waals surface area contributed by atoms with E-state index in [-0.39, 0.29) is 0 Å². The largest absolute Gasteiger partial charge is 0.458 e. The predicted molar refractivity (Wildman–Crippen MR) is 206 cm³/mol. The van der Waals surface area contributed by atoms with Gasteiger partial charge in [-0.25, -0.2) is 0 Å². The number of benzene rings is 7. The van der Waals surface area contributed by atoms with E-state index in [0.717, 1.165) is 22.4 Å². The lowest BCUT2D eigenvalue weighted by Gasteiger charge is -2.19. The molecule has 0 spiro atoms. The summed E-state index contributed by atoms with van der Waals surface area (Å²) in [6.45, 7) is 10.4. The molecule has 7 aromatic carbocycles. The molecule has 0 radical (unpaired) electrons. The van der Waals surface area contributed by atoms with Crippen molar-refractivity contribution in [1.82, 2.24) is 0 Å². The van der Waals surface area contributed by atoms with Crippen molar-refractivity contribution in [3.8, 4) is 39.1 Å². The highest BCUT2D eigenvalue weighted by molar-refractivity contribution is 6.22. The Hall–Kier alpha value is -5.92. The van der Waals surface area contributed by atoms with Crippen LogP contribution >= 0.6 is 0 Å². The van der Waals surface area contributed by atoms with Crippen LogP contribution in [0.1, 0.15) is 23.6 Å². The number of fused-ring (bicyclic) bond motifs is 2. The number of hydrogen-bond donors (Lipinski definition) is 0. The van der Waals surface area contributed by atoms with E-state index < -0.39 is 0 Å². The van der Waals surface area contributed by atoms with Crippen LogP contribution in [0.15, 0.2) is 176 Å². The smallest absolute Gasteiger partial charge is 0.130 e. The van der Waals surface area contributed by atoms with Gasteiger partial charge in [-0.15, -0.1) is 0 Å². The minimum atomic E-state index is 0.597. The summed E-state index contributed by atoms with van der Waals surface area (Å²) in [6, 6.07) is 52.3. The molecular formula is C47H38O. The molecular weight excluding hydrogens is 581 g/mol. The summed E-state index contributed by atoms with van der Waals surface area (Å²) >= 11 is 0. The van der Waals surface area contributed by atoms with Crippen LogP contribution in [-0.4, -0.2) is 0 Å². The first-order valence-electron chi connectivity index (χ1n) is 16.5. The van der Waals surface area contributed by atoms with Gasteiger partial charge in [0, 0.05) is 0 Å². The molecule has 0 aliphatic heterocycles. The lowest BCUT2D eigenvalue weighted by molar-refractivity contribution is 0.443. The zero-order valence-corrected chi connectivity index (χ0v) is 27.7. The monoisotopic (exact) mass is 618 g/mol. The molecule has 0 bridgehead atoms. The normalized spacial score (nSPS) is 11.8. The fourth-order valence-electron chi connectivity index (χ4n) is 6.57. The Morgan fingerprint density at radius 3 is 1.83 bits per heavy atom. The lowest BCUT2D eigenvalue weighted by atomic mass is 9.84. The standard InChI is InChI=1S/C47H38O/c1-5-35(27-24-34(4)48-45-21-12-9-14-33(45)3)38-17-13-18-39(30-38)40-28-29-43-44(31-40)47(37-25-22-32(2)23-26-37)42-20-11-10-19-41(42)46(43)36-15-7-6-8-16-36/h5-31H,4H2,1-3H3/b27-24-,35-5+. The van der Waals surface area contributed by atoms with Gasteiger partial charge in [0.2, 0.25) is 0 Å². The van der Waals surface area contributed by atoms with Gasteiger partial charge in [-0.1, -0.05) is 152 Å². The van der Waals surface area contributed by atoms with Crippen molar-refractivity contribution in [1.29, 1.82) is 0 Å². The van der Waals surface area contributed by atoms with Gasteiger partial charge in [0.1, 0.15) is 11.5 Å². The first-order valence-corrected chi connectivity index (χ1v) is 16.5. The average molecular weight is 619 g/mol. The minimum Gasteiger partial charge on any atom is -0.458 e. The third kappa shape index (κ3) is 6.11. The van der Waals surface area contributed by atoms with Crippen molar-refractivity contribution in [2.24, 2.45) is 0 Å². The van der Waals surface area contributed by atoms with Crippen LogP contribution in [0.4, 0.5) is 0 Å². The molecule has 0 fully saturated rings. The molecule has 7 rings (SSSR count). The second kappa shape index (κ2) is 13.4. The highest BCUT2D eigenvalue weighted by atomic mass is 16.5. The predicted octanol–water partition coefficient (Wildman–Crippen LogP) is 13.2. The van der Waals surface area contributed by atoms with Crippen LogP contribution in [-0.2, 0) is 0 Å². The SMILES string of the molecule is C=C(/C=C\C(=C/C)c1cccc(-c2ccc3c(-c4ccccc4)c4ccccc4c(-c4ccc(C)cc4)c3c2)c1)Oc1ccccc1C. The molecule has 0 unspecified atom stereocenters. The van der Waals surface area contributed by atoms with E-state index in [1.165, 1.54) is 60.5 Å². The van der Waals surface area contributed by atoms with Crippen molar-refractivity contribution >= 4 is 27.1 Å². The van der Waals surface area contributed by atoms with E-state index in [1.807, 2.05) is 37.3 Å². The molecule has 0 saturated heterocycles. The van der Waals surface area contributed by atoms with Crippen LogP contribution < -0.4 is 4.74 Å². The van der Waals surface area contributed by atoms with E-state index in [4.69, 9.17) is 4.74 Å². The summed E-state index contributed by atoms with van der Waals surface area (Å²) < 4.78 is 6.03. The van der Waals surface area contributed by atoms with Gasteiger partial charge >= 0.3 is 0 Å².